The first kappa shape index (κ1) is 13.3. The summed E-state index contributed by atoms with van der Waals surface area (Å²) in [7, 11) is 1.60. The van der Waals surface area contributed by atoms with Crippen molar-refractivity contribution < 1.29 is 4.74 Å². The van der Waals surface area contributed by atoms with E-state index < -0.39 is 0 Å². The van der Waals surface area contributed by atoms with Gasteiger partial charge in [-0.25, -0.2) is 0 Å². The fourth-order valence-electron chi connectivity index (χ4n) is 1.31. The molecule has 1 unspecified atom stereocenters. The van der Waals surface area contributed by atoms with Gasteiger partial charge in [-0.05, 0) is 17.7 Å². The Bertz CT molecular complexity index is 333. The molecule has 5 N–H and O–H groups in total. The molecule has 0 saturated heterocycles. The molecule has 0 aromatic heterocycles. The van der Waals surface area contributed by atoms with E-state index in [1.807, 2.05) is 18.2 Å². The molecule has 0 bridgehead atoms. The summed E-state index contributed by atoms with van der Waals surface area (Å²) in [5.41, 5.74) is 12.2. The third kappa shape index (κ3) is 3.98. The van der Waals surface area contributed by atoms with E-state index in [1.54, 1.807) is 7.11 Å². The van der Waals surface area contributed by atoms with Crippen LogP contribution in [-0.2, 0) is 6.54 Å². The first-order chi connectivity index (χ1) is 7.67. The van der Waals surface area contributed by atoms with Crippen molar-refractivity contribution in [3.8, 4) is 5.75 Å². The summed E-state index contributed by atoms with van der Waals surface area (Å²) in [6, 6.07) is 5.68. The number of hydrogen-bond donors (Lipinski definition) is 3. The number of nitrogens with two attached hydrogens (primary N) is 2. The van der Waals surface area contributed by atoms with Gasteiger partial charge in [-0.1, -0.05) is 17.7 Å². The quantitative estimate of drug-likeness (QED) is 0.689. The molecular weight excluding hydrogens is 226 g/mol. The maximum absolute atomic E-state index is 6.00. The number of nitrogens with one attached hydrogen (secondary N) is 1. The Hall–Kier alpha value is -0.810. The van der Waals surface area contributed by atoms with Crippen molar-refractivity contribution in [2.24, 2.45) is 11.5 Å². The van der Waals surface area contributed by atoms with Crippen molar-refractivity contribution in [3.63, 3.8) is 0 Å². The SMILES string of the molecule is COc1ccc(CNCC(N)CN)cc1Cl. The minimum absolute atomic E-state index is 0.00581. The molecule has 1 aromatic carbocycles. The lowest BCUT2D eigenvalue weighted by Gasteiger charge is -2.11. The van der Waals surface area contributed by atoms with Crippen LogP contribution in [0.15, 0.2) is 18.2 Å². The van der Waals surface area contributed by atoms with Crippen LogP contribution < -0.4 is 21.5 Å². The highest BCUT2D eigenvalue weighted by Crippen LogP contribution is 2.24. The molecule has 0 aliphatic heterocycles. The maximum atomic E-state index is 6.00. The highest BCUT2D eigenvalue weighted by Gasteiger charge is 2.02. The molecule has 4 nitrogen and oxygen atoms in total. The third-order valence-corrected chi connectivity index (χ3v) is 2.55. The smallest absolute Gasteiger partial charge is 0.137 e. The van der Waals surface area contributed by atoms with Gasteiger partial charge in [-0.2, -0.15) is 0 Å². The van der Waals surface area contributed by atoms with Crippen LogP contribution in [0.2, 0.25) is 5.02 Å². The van der Waals surface area contributed by atoms with Crippen LogP contribution in [0.4, 0.5) is 0 Å². The third-order valence-electron chi connectivity index (χ3n) is 2.25. The number of rotatable bonds is 6. The lowest BCUT2D eigenvalue weighted by atomic mass is 10.2. The van der Waals surface area contributed by atoms with Crippen LogP contribution in [-0.4, -0.2) is 26.2 Å². The minimum Gasteiger partial charge on any atom is -0.495 e. The second kappa shape index (κ2) is 6.70. The summed E-state index contributed by atoms with van der Waals surface area (Å²) >= 11 is 6.00. The van der Waals surface area contributed by atoms with Crippen LogP contribution in [0.5, 0.6) is 5.75 Å². The average Bonchev–Trinajstić information content (AvgIpc) is 2.29. The van der Waals surface area contributed by atoms with Gasteiger partial charge in [-0.3, -0.25) is 0 Å². The topological polar surface area (TPSA) is 73.3 Å². The molecule has 16 heavy (non-hydrogen) atoms. The molecule has 0 spiro atoms. The van der Waals surface area contributed by atoms with E-state index >= 15 is 0 Å². The van der Waals surface area contributed by atoms with E-state index in [0.29, 0.717) is 23.9 Å². The average molecular weight is 244 g/mol. The van der Waals surface area contributed by atoms with Crippen molar-refractivity contribution in [2.45, 2.75) is 12.6 Å². The van der Waals surface area contributed by atoms with Crippen LogP contribution >= 0.6 is 11.6 Å². The van der Waals surface area contributed by atoms with Crippen LogP contribution in [0.1, 0.15) is 5.56 Å². The van der Waals surface area contributed by atoms with Gasteiger partial charge in [0.05, 0.1) is 12.1 Å². The molecule has 1 rings (SSSR count). The van der Waals surface area contributed by atoms with Gasteiger partial charge in [0.25, 0.3) is 0 Å². The Balaban J connectivity index is 2.46. The lowest BCUT2D eigenvalue weighted by molar-refractivity contribution is 0.415. The summed E-state index contributed by atoms with van der Waals surface area (Å²) in [5, 5.41) is 3.83. The Kier molecular flexibility index (Phi) is 5.55. The molecule has 0 amide bonds. The summed E-state index contributed by atoms with van der Waals surface area (Å²) in [5.74, 6) is 0.684. The predicted molar refractivity (Wildman–Crippen MR) is 66.7 cm³/mol. The first-order valence-corrected chi connectivity index (χ1v) is 5.54. The van der Waals surface area contributed by atoms with Crippen LogP contribution in [0.3, 0.4) is 0 Å². The zero-order valence-corrected chi connectivity index (χ0v) is 10.1. The van der Waals surface area contributed by atoms with Crippen molar-refractivity contribution in [1.82, 2.24) is 5.32 Å². The Labute approximate surface area is 101 Å². The van der Waals surface area contributed by atoms with E-state index in [1.165, 1.54) is 0 Å². The number of halogens is 1. The van der Waals surface area contributed by atoms with Gasteiger partial charge >= 0.3 is 0 Å². The van der Waals surface area contributed by atoms with Crippen molar-refractivity contribution in [3.05, 3.63) is 28.8 Å². The summed E-state index contributed by atoms with van der Waals surface area (Å²) in [6.45, 7) is 1.90. The Morgan fingerprint density at radius 1 is 1.50 bits per heavy atom. The molecule has 0 saturated carbocycles. The second-order valence-corrected chi connectivity index (χ2v) is 4.00. The van der Waals surface area contributed by atoms with Crippen molar-refractivity contribution >= 4 is 11.6 Å². The minimum atomic E-state index is -0.00581. The van der Waals surface area contributed by atoms with Gasteiger partial charge in [0.15, 0.2) is 0 Å². The number of benzene rings is 1. The van der Waals surface area contributed by atoms with Crippen molar-refractivity contribution in [2.75, 3.05) is 20.2 Å². The van der Waals surface area contributed by atoms with Gasteiger partial charge in [0, 0.05) is 25.7 Å². The predicted octanol–water partition coefficient (Wildman–Crippen LogP) is 0.724. The fraction of sp³-hybridized carbons (Fsp3) is 0.455. The Morgan fingerprint density at radius 2 is 2.25 bits per heavy atom. The van der Waals surface area contributed by atoms with Crippen LogP contribution in [0, 0.1) is 0 Å². The van der Waals surface area contributed by atoms with Crippen LogP contribution in [0.25, 0.3) is 0 Å². The maximum Gasteiger partial charge on any atom is 0.137 e. The molecule has 1 aromatic rings. The summed E-state index contributed by atoms with van der Waals surface area (Å²) in [6.07, 6.45) is 0. The standard InChI is InChI=1S/C11H18ClN3O/c1-16-11-3-2-8(4-10(11)12)6-15-7-9(14)5-13/h2-4,9,15H,5-7,13-14H2,1H3. The first-order valence-electron chi connectivity index (χ1n) is 5.16. The lowest BCUT2D eigenvalue weighted by Crippen LogP contribution is -2.39. The molecule has 0 heterocycles. The van der Waals surface area contributed by atoms with Crippen molar-refractivity contribution in [1.29, 1.82) is 0 Å². The van der Waals surface area contributed by atoms with E-state index in [0.717, 1.165) is 12.1 Å². The number of hydrogen-bond acceptors (Lipinski definition) is 4. The van der Waals surface area contributed by atoms with Gasteiger partial charge < -0.3 is 21.5 Å². The molecule has 0 aliphatic carbocycles. The molecule has 1 atom stereocenters. The normalized spacial score (nSPS) is 12.5. The molecule has 0 fully saturated rings. The monoisotopic (exact) mass is 243 g/mol. The molecule has 0 radical (unpaired) electrons. The van der Waals surface area contributed by atoms with E-state index in [-0.39, 0.29) is 6.04 Å². The zero-order chi connectivity index (χ0) is 12.0. The number of ether oxygens (including phenoxy) is 1. The highest BCUT2D eigenvalue weighted by molar-refractivity contribution is 6.32. The van der Waals surface area contributed by atoms with Gasteiger partial charge in [0.1, 0.15) is 5.75 Å². The summed E-state index contributed by atoms with van der Waals surface area (Å²) < 4.78 is 5.07. The summed E-state index contributed by atoms with van der Waals surface area (Å²) in [4.78, 5) is 0. The van der Waals surface area contributed by atoms with Gasteiger partial charge in [0.2, 0.25) is 0 Å². The molecular formula is C11H18ClN3O. The molecule has 5 heteroatoms. The molecule has 90 valence electrons. The van der Waals surface area contributed by atoms with E-state index in [4.69, 9.17) is 27.8 Å². The van der Waals surface area contributed by atoms with Gasteiger partial charge in [-0.15, -0.1) is 0 Å². The van der Waals surface area contributed by atoms with E-state index in [2.05, 4.69) is 5.32 Å². The molecule has 0 aliphatic rings. The fourth-order valence-corrected chi connectivity index (χ4v) is 1.59. The Morgan fingerprint density at radius 3 is 2.81 bits per heavy atom. The zero-order valence-electron chi connectivity index (χ0n) is 9.37. The largest absolute Gasteiger partial charge is 0.495 e. The number of methoxy groups -OCH3 is 1. The van der Waals surface area contributed by atoms with E-state index in [9.17, 15) is 0 Å². The second-order valence-electron chi connectivity index (χ2n) is 3.60. The highest BCUT2D eigenvalue weighted by atomic mass is 35.5.